The van der Waals surface area contributed by atoms with Gasteiger partial charge in [0.25, 0.3) is 0 Å². The molecule has 3 N–H and O–H groups in total. The van der Waals surface area contributed by atoms with Gasteiger partial charge in [-0.25, -0.2) is 0 Å². The van der Waals surface area contributed by atoms with Crippen molar-refractivity contribution < 1.29 is 0 Å². The number of hydrogen-bond donors (Lipinski definition) is 2. The SMILES string of the molecule is CC(C)(I)N/C1=C(\N)c2ccccc2C2C=C2c2ccccc21. The Kier molecular flexibility index (Phi) is 3.30. The number of halogens is 1. The first-order chi connectivity index (χ1) is 11.0. The van der Waals surface area contributed by atoms with Crippen LogP contribution in [-0.2, 0) is 0 Å². The predicted molar refractivity (Wildman–Crippen MR) is 106 cm³/mol. The molecule has 0 aromatic heterocycles. The number of alkyl halides is 1. The Bertz CT molecular complexity index is 856. The summed E-state index contributed by atoms with van der Waals surface area (Å²) in [7, 11) is 0. The minimum Gasteiger partial charge on any atom is -0.397 e. The van der Waals surface area contributed by atoms with Gasteiger partial charge in [0.2, 0.25) is 0 Å². The quantitative estimate of drug-likeness (QED) is 0.424. The van der Waals surface area contributed by atoms with E-state index in [1.807, 2.05) is 0 Å². The lowest BCUT2D eigenvalue weighted by Gasteiger charge is -2.27. The Morgan fingerprint density at radius 1 is 0.957 bits per heavy atom. The van der Waals surface area contributed by atoms with Gasteiger partial charge in [0.1, 0.15) is 0 Å². The third-order valence-corrected chi connectivity index (χ3v) is 4.63. The van der Waals surface area contributed by atoms with Crippen LogP contribution >= 0.6 is 22.6 Å². The number of nitrogens with two attached hydrogens (primary N) is 1. The number of allylic oxidation sites excluding steroid dienone is 2. The molecule has 0 aliphatic heterocycles. The molecule has 1 unspecified atom stereocenters. The summed E-state index contributed by atoms with van der Waals surface area (Å²) in [4.78, 5) is 0. The first-order valence-corrected chi connectivity index (χ1v) is 8.91. The number of rotatable bonds is 2. The van der Waals surface area contributed by atoms with E-state index in [4.69, 9.17) is 5.73 Å². The molecule has 0 saturated heterocycles. The molecule has 0 heterocycles. The second kappa shape index (κ2) is 5.13. The lowest BCUT2D eigenvalue weighted by molar-refractivity contribution is 0.687. The van der Waals surface area contributed by atoms with Gasteiger partial charge in [-0.3, -0.25) is 0 Å². The molecule has 0 radical (unpaired) electrons. The minimum absolute atomic E-state index is 0.0870. The van der Waals surface area contributed by atoms with Crippen LogP contribution in [0.2, 0.25) is 0 Å². The van der Waals surface area contributed by atoms with Crippen LogP contribution in [0.5, 0.6) is 0 Å². The Hall–Kier alpha value is -1.75. The zero-order chi connectivity index (χ0) is 16.2. The van der Waals surface area contributed by atoms with Crippen molar-refractivity contribution in [2.75, 3.05) is 0 Å². The minimum atomic E-state index is -0.0870. The van der Waals surface area contributed by atoms with E-state index < -0.39 is 0 Å². The maximum atomic E-state index is 6.65. The second-order valence-electron chi connectivity index (χ2n) is 6.62. The Morgan fingerprint density at radius 2 is 1.57 bits per heavy atom. The van der Waals surface area contributed by atoms with E-state index in [1.165, 1.54) is 22.3 Å². The van der Waals surface area contributed by atoms with Gasteiger partial charge in [-0.15, -0.1) is 0 Å². The van der Waals surface area contributed by atoms with Crippen molar-refractivity contribution in [2.45, 2.75) is 23.3 Å². The smallest absolute Gasteiger partial charge is 0.0835 e. The van der Waals surface area contributed by atoms with E-state index in [-0.39, 0.29) is 3.55 Å². The molecule has 2 aliphatic carbocycles. The highest BCUT2D eigenvalue weighted by molar-refractivity contribution is 14.1. The molecule has 4 rings (SSSR count). The van der Waals surface area contributed by atoms with Crippen LogP contribution in [-0.4, -0.2) is 3.55 Å². The topological polar surface area (TPSA) is 38.0 Å². The predicted octanol–water partition coefficient (Wildman–Crippen LogP) is 4.73. The molecular formula is C20H19IN2. The van der Waals surface area contributed by atoms with Crippen LogP contribution in [0.1, 0.15) is 42.0 Å². The summed E-state index contributed by atoms with van der Waals surface area (Å²) in [5.41, 5.74) is 14.8. The Labute approximate surface area is 150 Å². The molecule has 0 spiro atoms. The third kappa shape index (κ3) is 2.57. The van der Waals surface area contributed by atoms with Crippen LogP contribution < -0.4 is 11.1 Å². The van der Waals surface area contributed by atoms with Gasteiger partial charge >= 0.3 is 0 Å². The fourth-order valence-electron chi connectivity index (χ4n) is 3.32. The molecule has 23 heavy (non-hydrogen) atoms. The molecule has 0 bridgehead atoms. The molecule has 1 atom stereocenters. The van der Waals surface area contributed by atoms with Crippen LogP contribution in [0.25, 0.3) is 17.0 Å². The summed E-state index contributed by atoms with van der Waals surface area (Å²) >= 11 is 2.41. The standard InChI is InChI=1S/C20H19IN2/c1-20(2,21)23-19-15-10-6-4-8-13(15)17-11-16(17)12-7-3-5-9-14(12)18(19)22/h3-11,16,23H,22H2,1-2H3/b19-18-. The first-order valence-electron chi connectivity index (χ1n) is 7.83. The van der Waals surface area contributed by atoms with Crippen LogP contribution in [0, 0.1) is 0 Å². The molecule has 2 aromatic carbocycles. The second-order valence-corrected chi connectivity index (χ2v) is 9.32. The molecular weight excluding hydrogens is 395 g/mol. The van der Waals surface area contributed by atoms with Gasteiger partial charge < -0.3 is 11.1 Å². The van der Waals surface area contributed by atoms with Crippen LogP contribution in [0.15, 0.2) is 54.6 Å². The van der Waals surface area contributed by atoms with Gasteiger partial charge in [-0.05, 0) is 30.5 Å². The van der Waals surface area contributed by atoms with Crippen molar-refractivity contribution in [3.05, 3.63) is 76.9 Å². The molecule has 116 valence electrons. The highest BCUT2D eigenvalue weighted by Gasteiger charge is 2.35. The molecule has 3 heteroatoms. The average molecular weight is 414 g/mol. The van der Waals surface area contributed by atoms with Crippen LogP contribution in [0.4, 0.5) is 0 Å². The molecule has 0 saturated carbocycles. The molecule has 2 nitrogen and oxygen atoms in total. The number of fused-ring (bicyclic) bond motifs is 5. The van der Waals surface area contributed by atoms with Crippen molar-refractivity contribution >= 4 is 39.6 Å². The molecule has 0 fully saturated rings. The van der Waals surface area contributed by atoms with Crippen molar-refractivity contribution in [3.8, 4) is 0 Å². The number of hydrogen-bond acceptors (Lipinski definition) is 2. The Balaban J connectivity index is 2.01. The van der Waals surface area contributed by atoms with Gasteiger partial charge in [0.15, 0.2) is 0 Å². The first kappa shape index (κ1) is 14.8. The molecule has 2 aliphatic rings. The maximum Gasteiger partial charge on any atom is 0.0835 e. The Morgan fingerprint density at radius 3 is 2.26 bits per heavy atom. The summed E-state index contributed by atoms with van der Waals surface area (Å²) in [5.74, 6) is 0.403. The van der Waals surface area contributed by atoms with Gasteiger partial charge in [-0.1, -0.05) is 77.2 Å². The monoisotopic (exact) mass is 414 g/mol. The number of benzene rings is 2. The normalized spacial score (nSPS) is 22.0. The third-order valence-electron chi connectivity index (χ3n) is 4.36. The summed E-state index contributed by atoms with van der Waals surface area (Å²) in [6.07, 6.45) is 2.34. The van der Waals surface area contributed by atoms with E-state index in [1.54, 1.807) is 0 Å². The lowest BCUT2D eigenvalue weighted by atomic mass is 9.89. The van der Waals surface area contributed by atoms with E-state index >= 15 is 0 Å². The largest absolute Gasteiger partial charge is 0.397 e. The average Bonchev–Trinajstić information content (AvgIpc) is 3.30. The zero-order valence-electron chi connectivity index (χ0n) is 13.2. The van der Waals surface area contributed by atoms with E-state index in [0.29, 0.717) is 5.92 Å². The fraction of sp³-hybridized carbons (Fsp3) is 0.200. The molecule has 2 aromatic rings. The maximum absolute atomic E-state index is 6.65. The number of nitrogens with one attached hydrogen (secondary N) is 1. The fourth-order valence-corrected chi connectivity index (χ4v) is 3.59. The van der Waals surface area contributed by atoms with E-state index in [2.05, 4.69) is 96.4 Å². The van der Waals surface area contributed by atoms with Crippen molar-refractivity contribution in [1.29, 1.82) is 0 Å². The highest BCUT2D eigenvalue weighted by atomic mass is 127. The summed E-state index contributed by atoms with van der Waals surface area (Å²) in [6, 6.07) is 17.0. The summed E-state index contributed by atoms with van der Waals surface area (Å²) in [6.45, 7) is 4.31. The zero-order valence-corrected chi connectivity index (χ0v) is 15.4. The van der Waals surface area contributed by atoms with Gasteiger partial charge in [0.05, 0.1) is 14.9 Å². The van der Waals surface area contributed by atoms with E-state index in [9.17, 15) is 0 Å². The molecule has 0 amide bonds. The van der Waals surface area contributed by atoms with Gasteiger partial charge in [-0.2, -0.15) is 0 Å². The van der Waals surface area contributed by atoms with Crippen molar-refractivity contribution in [3.63, 3.8) is 0 Å². The lowest BCUT2D eigenvalue weighted by Crippen LogP contribution is -2.33. The van der Waals surface area contributed by atoms with E-state index in [0.717, 1.165) is 17.0 Å². The summed E-state index contributed by atoms with van der Waals surface area (Å²) < 4.78 is -0.0870. The van der Waals surface area contributed by atoms with Gasteiger partial charge in [0, 0.05) is 17.0 Å². The highest BCUT2D eigenvalue weighted by Crippen LogP contribution is 2.51. The summed E-state index contributed by atoms with van der Waals surface area (Å²) in [5, 5.41) is 3.63. The van der Waals surface area contributed by atoms with Crippen LogP contribution in [0.3, 0.4) is 0 Å². The van der Waals surface area contributed by atoms with Crippen molar-refractivity contribution in [2.24, 2.45) is 5.73 Å². The van der Waals surface area contributed by atoms with Crippen molar-refractivity contribution in [1.82, 2.24) is 5.32 Å².